The third-order valence-corrected chi connectivity index (χ3v) is 9.21. The van der Waals surface area contributed by atoms with Crippen LogP contribution in [0.5, 0.6) is 0 Å². The van der Waals surface area contributed by atoms with E-state index in [0.717, 1.165) is 50.5 Å². The summed E-state index contributed by atoms with van der Waals surface area (Å²) in [6.07, 6.45) is 9.37. The molecular formula is C35H51FN6O5. The number of imidazole rings is 1. The van der Waals surface area contributed by atoms with Crippen LogP contribution >= 0.6 is 0 Å². The first-order valence-corrected chi connectivity index (χ1v) is 16.8. The predicted molar refractivity (Wildman–Crippen MR) is 176 cm³/mol. The molecule has 0 bridgehead atoms. The summed E-state index contributed by atoms with van der Waals surface area (Å²) in [5, 5.41) is 3.03. The molecule has 1 aromatic carbocycles. The molecule has 1 saturated carbocycles. The number of amides is 4. The minimum Gasteiger partial charge on any atom is -0.444 e. The molecule has 47 heavy (non-hydrogen) atoms. The van der Waals surface area contributed by atoms with Crippen molar-refractivity contribution in [2.75, 3.05) is 26.7 Å². The minimum atomic E-state index is -0.851. The number of halogens is 1. The number of carbonyl (C=O) groups is 4. The van der Waals surface area contributed by atoms with Crippen LogP contribution in [-0.4, -0.2) is 98.5 Å². The number of nitrogens with one attached hydrogen (secondary N) is 1. The van der Waals surface area contributed by atoms with Crippen LogP contribution in [0.25, 0.3) is 0 Å². The summed E-state index contributed by atoms with van der Waals surface area (Å²) in [6.45, 7) is 8.13. The van der Waals surface area contributed by atoms with Gasteiger partial charge in [0.25, 0.3) is 5.91 Å². The van der Waals surface area contributed by atoms with E-state index >= 15 is 0 Å². The summed E-state index contributed by atoms with van der Waals surface area (Å²) >= 11 is 0. The third kappa shape index (κ3) is 9.77. The Morgan fingerprint density at radius 3 is 2.36 bits per heavy atom. The second-order valence-corrected chi connectivity index (χ2v) is 14.0. The van der Waals surface area contributed by atoms with E-state index in [0.29, 0.717) is 31.7 Å². The van der Waals surface area contributed by atoms with Crippen LogP contribution in [0.15, 0.2) is 36.8 Å². The van der Waals surface area contributed by atoms with Gasteiger partial charge in [-0.15, -0.1) is 0 Å². The molecule has 1 aliphatic carbocycles. The van der Waals surface area contributed by atoms with Crippen molar-refractivity contribution in [2.45, 2.75) is 103 Å². The van der Waals surface area contributed by atoms with Crippen molar-refractivity contribution in [3.05, 3.63) is 53.9 Å². The van der Waals surface area contributed by atoms with E-state index in [-0.39, 0.29) is 29.6 Å². The molecule has 0 spiro atoms. The number of hydrogen-bond donors (Lipinski definition) is 1. The number of likely N-dealkylation sites (tertiary alicyclic amines) is 1. The lowest BCUT2D eigenvalue weighted by molar-refractivity contribution is -0.140. The van der Waals surface area contributed by atoms with Gasteiger partial charge in [0, 0.05) is 46.0 Å². The Morgan fingerprint density at radius 2 is 1.74 bits per heavy atom. The molecule has 11 nitrogen and oxygen atoms in total. The van der Waals surface area contributed by atoms with E-state index < -0.39 is 29.7 Å². The number of rotatable bonds is 11. The highest BCUT2D eigenvalue weighted by Crippen LogP contribution is 2.30. The molecule has 1 aliphatic heterocycles. The summed E-state index contributed by atoms with van der Waals surface area (Å²) < 4.78 is 20.7. The first-order valence-electron chi connectivity index (χ1n) is 16.8. The summed E-state index contributed by atoms with van der Waals surface area (Å²) in [4.78, 5) is 63.4. The van der Waals surface area contributed by atoms with E-state index in [4.69, 9.17) is 4.74 Å². The summed E-state index contributed by atoms with van der Waals surface area (Å²) in [6, 6.07) is 4.40. The molecular weight excluding hydrogens is 603 g/mol. The first-order chi connectivity index (χ1) is 22.2. The molecule has 2 fully saturated rings. The molecule has 3 atom stereocenters. The van der Waals surface area contributed by atoms with Crippen LogP contribution in [0.4, 0.5) is 9.18 Å². The summed E-state index contributed by atoms with van der Waals surface area (Å²) in [7, 11) is 3.32. The molecule has 2 aliphatic rings. The third-order valence-electron chi connectivity index (χ3n) is 9.21. The van der Waals surface area contributed by atoms with Gasteiger partial charge in [-0.3, -0.25) is 19.3 Å². The Balaban J connectivity index is 1.51. The van der Waals surface area contributed by atoms with Crippen molar-refractivity contribution in [3.63, 3.8) is 0 Å². The quantitative estimate of drug-likeness (QED) is 0.380. The van der Waals surface area contributed by atoms with Gasteiger partial charge >= 0.3 is 6.09 Å². The fraction of sp³-hybridized carbons (Fsp3) is 0.629. The molecule has 1 N–H and O–H groups in total. The fourth-order valence-electron chi connectivity index (χ4n) is 6.42. The van der Waals surface area contributed by atoms with Gasteiger partial charge in [-0.1, -0.05) is 31.4 Å². The van der Waals surface area contributed by atoms with Crippen LogP contribution in [0.3, 0.4) is 0 Å². The number of benzene rings is 1. The van der Waals surface area contributed by atoms with Gasteiger partial charge in [0.1, 0.15) is 29.2 Å². The van der Waals surface area contributed by atoms with Gasteiger partial charge in [-0.25, -0.2) is 14.2 Å². The zero-order valence-corrected chi connectivity index (χ0v) is 28.7. The maximum absolute atomic E-state index is 14.4. The number of hydrogen-bond acceptors (Lipinski definition) is 6. The highest BCUT2D eigenvalue weighted by Gasteiger charge is 2.40. The lowest BCUT2D eigenvalue weighted by Crippen LogP contribution is -2.58. The zero-order chi connectivity index (χ0) is 34.3. The maximum Gasteiger partial charge on any atom is 0.410 e. The summed E-state index contributed by atoms with van der Waals surface area (Å²) in [5.74, 6) is -1.14. The molecule has 2 aromatic rings. The van der Waals surface area contributed by atoms with Crippen molar-refractivity contribution in [1.29, 1.82) is 0 Å². The number of nitrogens with zero attached hydrogens (tertiary/aromatic N) is 5. The Kier molecular flexibility index (Phi) is 12.0. The van der Waals surface area contributed by atoms with Crippen LogP contribution in [0.1, 0.15) is 88.7 Å². The SMILES string of the molecule is C[C@@H](C(=O)N[C@H](C(=O)N1CCC[C@H]1CN(CCc1ccc(F)cc1)C(=O)c1cn(C)cn1)C1CCCCC1)N(C)C(=O)OC(C)(C)C. The first kappa shape index (κ1) is 35.9. The van der Waals surface area contributed by atoms with Crippen LogP contribution in [0.2, 0.25) is 0 Å². The highest BCUT2D eigenvalue weighted by molar-refractivity contribution is 5.93. The molecule has 4 rings (SSSR count). The monoisotopic (exact) mass is 654 g/mol. The minimum absolute atomic E-state index is 0.0230. The molecule has 0 unspecified atom stereocenters. The molecule has 1 saturated heterocycles. The van der Waals surface area contributed by atoms with Gasteiger partial charge in [-0.2, -0.15) is 0 Å². The van der Waals surface area contributed by atoms with Gasteiger partial charge in [0.2, 0.25) is 11.8 Å². The van der Waals surface area contributed by atoms with Gasteiger partial charge in [0.15, 0.2) is 0 Å². The van der Waals surface area contributed by atoms with Crippen molar-refractivity contribution in [3.8, 4) is 0 Å². The van der Waals surface area contributed by atoms with E-state index in [1.165, 1.54) is 24.1 Å². The molecule has 258 valence electrons. The van der Waals surface area contributed by atoms with Gasteiger partial charge in [0.05, 0.1) is 6.33 Å². The average Bonchev–Trinajstić information content (AvgIpc) is 3.69. The molecule has 2 heterocycles. The topological polar surface area (TPSA) is 117 Å². The normalized spacial score (nSPS) is 18.4. The van der Waals surface area contributed by atoms with E-state index in [2.05, 4.69) is 10.3 Å². The van der Waals surface area contributed by atoms with E-state index in [9.17, 15) is 23.6 Å². The largest absolute Gasteiger partial charge is 0.444 e. The molecule has 4 amide bonds. The highest BCUT2D eigenvalue weighted by atomic mass is 19.1. The maximum atomic E-state index is 14.4. The van der Waals surface area contributed by atoms with Crippen LogP contribution in [-0.2, 0) is 27.8 Å². The Labute approximate surface area is 277 Å². The van der Waals surface area contributed by atoms with E-state index in [1.54, 1.807) is 68.9 Å². The summed E-state index contributed by atoms with van der Waals surface area (Å²) in [5.41, 5.74) is 0.505. The number of likely N-dealkylation sites (N-methyl/N-ethyl adjacent to an activating group) is 1. The average molecular weight is 655 g/mol. The number of ether oxygens (including phenoxy) is 1. The Bertz CT molecular complexity index is 1380. The standard InChI is InChI=1S/C35H51FN6O5/c1-24(40(6)34(46)47-35(2,3)4)31(43)38-30(26-11-8-7-9-12-26)33(45)42-19-10-13-28(42)21-41(32(44)29-22-39(5)23-37-29)20-18-25-14-16-27(36)17-15-25/h14-17,22-24,26,28,30H,7-13,18-21H2,1-6H3,(H,38,43)/t24-,28-,30-/m0/s1. The van der Waals surface area contributed by atoms with Crippen molar-refractivity contribution in [1.82, 2.24) is 29.6 Å². The smallest absolute Gasteiger partial charge is 0.410 e. The molecule has 1 aromatic heterocycles. The lowest BCUT2D eigenvalue weighted by Gasteiger charge is -2.37. The van der Waals surface area contributed by atoms with E-state index in [1.807, 2.05) is 4.90 Å². The van der Waals surface area contributed by atoms with Crippen molar-refractivity contribution < 1.29 is 28.3 Å². The van der Waals surface area contributed by atoms with Gasteiger partial charge < -0.3 is 24.4 Å². The Morgan fingerprint density at radius 1 is 1.06 bits per heavy atom. The molecule has 0 radical (unpaired) electrons. The zero-order valence-electron chi connectivity index (χ0n) is 28.7. The van der Waals surface area contributed by atoms with Gasteiger partial charge in [-0.05, 0) is 83.4 Å². The van der Waals surface area contributed by atoms with Crippen molar-refractivity contribution >= 4 is 23.8 Å². The predicted octanol–water partition coefficient (Wildman–Crippen LogP) is 4.56. The lowest BCUT2D eigenvalue weighted by atomic mass is 9.83. The number of aryl methyl sites for hydroxylation is 1. The second kappa shape index (κ2) is 15.8. The van der Waals surface area contributed by atoms with Crippen LogP contribution < -0.4 is 5.32 Å². The second-order valence-electron chi connectivity index (χ2n) is 14.0. The Hall–Kier alpha value is -3.96. The fourth-order valence-corrected chi connectivity index (χ4v) is 6.42. The number of carbonyl (C=O) groups excluding carboxylic acids is 4. The van der Waals surface area contributed by atoms with Crippen molar-refractivity contribution in [2.24, 2.45) is 13.0 Å². The van der Waals surface area contributed by atoms with Crippen LogP contribution in [0, 0.1) is 11.7 Å². The number of aromatic nitrogens is 2. The molecule has 12 heteroatoms.